The average molecular weight is 288 g/mol. The van der Waals surface area contributed by atoms with E-state index in [0.717, 1.165) is 0 Å². The lowest BCUT2D eigenvalue weighted by Crippen LogP contribution is -1.99. The van der Waals surface area contributed by atoms with Crippen LogP contribution >= 0.6 is 23.2 Å². The minimum Gasteiger partial charge on any atom is -0.494 e. The van der Waals surface area contributed by atoms with Crippen LogP contribution in [0, 0.1) is 5.82 Å². The third-order valence-corrected chi connectivity index (χ3v) is 2.59. The Balaban J connectivity index is 2.36. The summed E-state index contributed by atoms with van der Waals surface area (Å²) in [6, 6.07) is 4.06. The van der Waals surface area contributed by atoms with Crippen molar-refractivity contribution in [3.8, 4) is 5.75 Å². The van der Waals surface area contributed by atoms with Crippen LogP contribution in [0.3, 0.4) is 0 Å². The molecule has 0 aliphatic heterocycles. The molecule has 2 rings (SSSR count). The fourth-order valence-electron chi connectivity index (χ4n) is 1.33. The zero-order valence-electron chi connectivity index (χ0n) is 9.25. The summed E-state index contributed by atoms with van der Waals surface area (Å²) < 4.78 is 18.1. The fourth-order valence-corrected chi connectivity index (χ4v) is 1.60. The van der Waals surface area contributed by atoms with E-state index in [2.05, 4.69) is 15.3 Å². The lowest BCUT2D eigenvalue weighted by Gasteiger charge is -2.11. The molecule has 1 aromatic heterocycles. The third kappa shape index (κ3) is 2.80. The third-order valence-electron chi connectivity index (χ3n) is 2.13. The SMILES string of the molecule is COc1cc(F)ccc1Nc1nc(Cl)ncc1Cl. The Bertz CT molecular complexity index is 580. The van der Waals surface area contributed by atoms with Crippen molar-refractivity contribution in [1.82, 2.24) is 9.97 Å². The number of aromatic nitrogens is 2. The van der Waals surface area contributed by atoms with Crippen molar-refractivity contribution in [2.45, 2.75) is 0 Å². The summed E-state index contributed by atoms with van der Waals surface area (Å²) in [5.74, 6) is 0.256. The molecule has 0 saturated heterocycles. The Morgan fingerprint density at radius 3 is 2.83 bits per heavy atom. The fraction of sp³-hybridized carbons (Fsp3) is 0.0909. The molecule has 0 aliphatic carbocycles. The highest BCUT2D eigenvalue weighted by molar-refractivity contribution is 6.33. The number of hydrogen-bond acceptors (Lipinski definition) is 4. The van der Waals surface area contributed by atoms with E-state index in [4.69, 9.17) is 27.9 Å². The Hall–Kier alpha value is -1.59. The van der Waals surface area contributed by atoms with Gasteiger partial charge in [-0.05, 0) is 23.7 Å². The predicted octanol–water partition coefficient (Wildman–Crippen LogP) is 3.67. The van der Waals surface area contributed by atoms with E-state index >= 15 is 0 Å². The van der Waals surface area contributed by atoms with Gasteiger partial charge in [0, 0.05) is 6.07 Å². The van der Waals surface area contributed by atoms with E-state index in [9.17, 15) is 4.39 Å². The van der Waals surface area contributed by atoms with E-state index in [0.29, 0.717) is 22.3 Å². The molecule has 0 radical (unpaired) electrons. The number of anilines is 2. The Labute approximate surface area is 113 Å². The van der Waals surface area contributed by atoms with Crippen LogP contribution in [0.1, 0.15) is 0 Å². The second kappa shape index (κ2) is 5.37. The quantitative estimate of drug-likeness (QED) is 0.875. The maximum absolute atomic E-state index is 13.0. The van der Waals surface area contributed by atoms with Crippen molar-refractivity contribution < 1.29 is 9.13 Å². The van der Waals surface area contributed by atoms with Crippen molar-refractivity contribution in [3.05, 3.63) is 40.5 Å². The van der Waals surface area contributed by atoms with Gasteiger partial charge in [0.15, 0.2) is 5.82 Å². The maximum atomic E-state index is 13.0. The van der Waals surface area contributed by atoms with Gasteiger partial charge in [0.25, 0.3) is 0 Å². The number of nitrogens with zero attached hydrogens (tertiary/aromatic N) is 2. The van der Waals surface area contributed by atoms with Gasteiger partial charge in [-0.2, -0.15) is 4.98 Å². The minimum absolute atomic E-state index is 0.0583. The monoisotopic (exact) mass is 287 g/mol. The van der Waals surface area contributed by atoms with Crippen molar-refractivity contribution in [2.75, 3.05) is 12.4 Å². The van der Waals surface area contributed by atoms with Crippen LogP contribution in [0.25, 0.3) is 0 Å². The van der Waals surface area contributed by atoms with Crippen LogP contribution < -0.4 is 10.1 Å². The summed E-state index contributed by atoms with van der Waals surface area (Å²) in [7, 11) is 1.44. The summed E-state index contributed by atoms with van der Waals surface area (Å²) >= 11 is 11.6. The van der Waals surface area contributed by atoms with Crippen LogP contribution in [-0.4, -0.2) is 17.1 Å². The molecule has 4 nitrogen and oxygen atoms in total. The van der Waals surface area contributed by atoms with Crippen molar-refractivity contribution in [3.63, 3.8) is 0 Å². The van der Waals surface area contributed by atoms with Gasteiger partial charge in [0.05, 0.1) is 19.0 Å². The largest absolute Gasteiger partial charge is 0.494 e. The molecule has 0 saturated carbocycles. The molecule has 2 aromatic rings. The second-order valence-electron chi connectivity index (χ2n) is 3.31. The number of ether oxygens (including phenoxy) is 1. The summed E-state index contributed by atoms with van der Waals surface area (Å²) in [6.07, 6.45) is 1.37. The maximum Gasteiger partial charge on any atom is 0.224 e. The van der Waals surface area contributed by atoms with Gasteiger partial charge in [-0.25, -0.2) is 9.37 Å². The van der Waals surface area contributed by atoms with Crippen LogP contribution in [0.15, 0.2) is 24.4 Å². The van der Waals surface area contributed by atoms with Crippen molar-refractivity contribution in [1.29, 1.82) is 0 Å². The van der Waals surface area contributed by atoms with Gasteiger partial charge < -0.3 is 10.1 Å². The highest BCUT2D eigenvalue weighted by Crippen LogP contribution is 2.30. The molecule has 0 aliphatic rings. The predicted molar refractivity (Wildman–Crippen MR) is 68.3 cm³/mol. The van der Waals surface area contributed by atoms with Gasteiger partial charge >= 0.3 is 0 Å². The van der Waals surface area contributed by atoms with Gasteiger partial charge in [-0.15, -0.1) is 0 Å². The van der Waals surface area contributed by atoms with Gasteiger partial charge in [-0.1, -0.05) is 11.6 Å². The smallest absolute Gasteiger partial charge is 0.224 e. The van der Waals surface area contributed by atoms with Gasteiger partial charge in [-0.3, -0.25) is 0 Å². The van der Waals surface area contributed by atoms with E-state index in [-0.39, 0.29) is 5.28 Å². The molecule has 0 amide bonds. The standard InChI is InChI=1S/C11H8Cl2FN3O/c1-18-9-4-6(14)2-3-8(9)16-10-7(12)5-15-11(13)17-10/h2-5H,1H3,(H,15,16,17). The Kier molecular flexibility index (Phi) is 3.84. The van der Waals surface area contributed by atoms with Crippen LogP contribution in [-0.2, 0) is 0 Å². The molecule has 0 spiro atoms. The first-order valence-corrected chi connectivity index (χ1v) is 5.64. The number of nitrogens with one attached hydrogen (secondary N) is 1. The van der Waals surface area contributed by atoms with Crippen LogP contribution in [0.4, 0.5) is 15.9 Å². The molecule has 0 unspecified atom stereocenters. The number of benzene rings is 1. The van der Waals surface area contributed by atoms with E-state index in [1.54, 1.807) is 0 Å². The van der Waals surface area contributed by atoms with Gasteiger partial charge in [0.1, 0.15) is 16.6 Å². The molecule has 7 heteroatoms. The summed E-state index contributed by atoms with van der Waals surface area (Å²) in [6.45, 7) is 0. The van der Waals surface area contributed by atoms with E-state index < -0.39 is 5.82 Å². The topological polar surface area (TPSA) is 47.0 Å². The molecule has 1 aromatic carbocycles. The number of methoxy groups -OCH3 is 1. The number of hydrogen-bond donors (Lipinski definition) is 1. The zero-order valence-corrected chi connectivity index (χ0v) is 10.8. The van der Waals surface area contributed by atoms with E-state index in [1.807, 2.05) is 0 Å². The lowest BCUT2D eigenvalue weighted by atomic mass is 10.3. The first-order valence-electron chi connectivity index (χ1n) is 4.89. The molecule has 0 bridgehead atoms. The first kappa shape index (κ1) is 12.9. The Morgan fingerprint density at radius 1 is 1.33 bits per heavy atom. The van der Waals surface area contributed by atoms with Crippen LogP contribution in [0.2, 0.25) is 10.3 Å². The number of rotatable bonds is 3. The summed E-state index contributed by atoms with van der Waals surface area (Å²) in [5, 5.41) is 3.26. The second-order valence-corrected chi connectivity index (χ2v) is 4.05. The van der Waals surface area contributed by atoms with Crippen LogP contribution in [0.5, 0.6) is 5.75 Å². The zero-order chi connectivity index (χ0) is 13.1. The number of halogens is 3. The molecule has 0 fully saturated rings. The molecule has 0 atom stereocenters. The summed E-state index contributed by atoms with van der Waals surface area (Å²) in [5.41, 5.74) is 0.524. The minimum atomic E-state index is -0.399. The highest BCUT2D eigenvalue weighted by atomic mass is 35.5. The average Bonchev–Trinajstić information content (AvgIpc) is 2.36. The molecular weight excluding hydrogens is 280 g/mol. The summed E-state index contributed by atoms with van der Waals surface area (Å²) in [4.78, 5) is 7.66. The normalized spacial score (nSPS) is 10.2. The van der Waals surface area contributed by atoms with Gasteiger partial charge in [0.2, 0.25) is 5.28 Å². The van der Waals surface area contributed by atoms with Crippen molar-refractivity contribution in [2.24, 2.45) is 0 Å². The molecule has 1 N–H and O–H groups in total. The molecule has 94 valence electrons. The molecular formula is C11H8Cl2FN3O. The molecule has 1 heterocycles. The lowest BCUT2D eigenvalue weighted by molar-refractivity contribution is 0.413. The van der Waals surface area contributed by atoms with E-state index in [1.165, 1.54) is 31.5 Å². The Morgan fingerprint density at radius 2 is 2.11 bits per heavy atom. The molecule has 18 heavy (non-hydrogen) atoms. The highest BCUT2D eigenvalue weighted by Gasteiger charge is 2.09. The first-order chi connectivity index (χ1) is 8.60. The van der Waals surface area contributed by atoms with Crippen molar-refractivity contribution >= 4 is 34.7 Å².